The van der Waals surface area contributed by atoms with E-state index in [1.807, 2.05) is 12.1 Å². The van der Waals surface area contributed by atoms with Crippen LogP contribution in [-0.4, -0.2) is 55.3 Å². The van der Waals surface area contributed by atoms with E-state index in [1.165, 1.54) is 11.3 Å². The molecule has 2 aliphatic heterocycles. The van der Waals surface area contributed by atoms with E-state index < -0.39 is 6.10 Å². The fourth-order valence-corrected chi connectivity index (χ4v) is 4.30. The Morgan fingerprint density at radius 1 is 1.03 bits per heavy atom. The van der Waals surface area contributed by atoms with Crippen molar-refractivity contribution in [3.05, 3.63) is 64.2 Å². The molecule has 5 nitrogen and oxygen atoms in total. The molecule has 4 rings (SSSR count). The summed E-state index contributed by atoms with van der Waals surface area (Å²) in [4.78, 5) is 2.34. The molecule has 0 amide bonds. The van der Waals surface area contributed by atoms with Gasteiger partial charge < -0.3 is 24.6 Å². The van der Waals surface area contributed by atoms with Crippen molar-refractivity contribution in [3.8, 4) is 0 Å². The highest BCUT2D eigenvalue weighted by molar-refractivity contribution is 6.31. The fraction of sp³-hybridized carbons (Fsp3) is 0.478. The molecule has 6 heteroatoms. The summed E-state index contributed by atoms with van der Waals surface area (Å²) in [5.41, 5.74) is 4.44. The average molecular weight is 418 g/mol. The van der Waals surface area contributed by atoms with Gasteiger partial charge in [0, 0.05) is 36.6 Å². The number of ether oxygens (including phenoxy) is 2. The van der Waals surface area contributed by atoms with E-state index in [9.17, 15) is 10.2 Å². The molecule has 0 radical (unpaired) electrons. The number of hydrogen-bond acceptors (Lipinski definition) is 5. The molecular formula is C23H28ClNO4. The maximum atomic E-state index is 10.1. The third-order valence-electron chi connectivity index (χ3n) is 5.73. The normalized spacial score (nSPS) is 25.2. The van der Waals surface area contributed by atoms with Crippen LogP contribution < -0.4 is 4.90 Å². The first kappa shape index (κ1) is 20.6. The van der Waals surface area contributed by atoms with E-state index >= 15 is 0 Å². The second kappa shape index (κ2) is 9.45. The van der Waals surface area contributed by atoms with Gasteiger partial charge in [0.15, 0.2) is 0 Å². The predicted molar refractivity (Wildman–Crippen MR) is 114 cm³/mol. The second-order valence-electron chi connectivity index (χ2n) is 7.85. The maximum absolute atomic E-state index is 10.1. The molecule has 2 aromatic carbocycles. The Kier molecular flexibility index (Phi) is 6.73. The van der Waals surface area contributed by atoms with Crippen LogP contribution in [0.15, 0.2) is 42.5 Å². The quantitative estimate of drug-likeness (QED) is 0.781. The molecule has 29 heavy (non-hydrogen) atoms. The number of benzene rings is 2. The highest BCUT2D eigenvalue weighted by atomic mass is 35.5. The molecule has 156 valence electrons. The summed E-state index contributed by atoms with van der Waals surface area (Å²) in [6.07, 6.45) is 0.729. The molecule has 0 bridgehead atoms. The first-order valence-electron chi connectivity index (χ1n) is 10.3. The monoisotopic (exact) mass is 417 g/mol. The number of morpholine rings is 1. The largest absolute Gasteiger partial charge is 0.394 e. The Labute approximate surface area is 176 Å². The van der Waals surface area contributed by atoms with Crippen LogP contribution in [0.2, 0.25) is 5.02 Å². The lowest BCUT2D eigenvalue weighted by Gasteiger charge is -2.32. The second-order valence-corrected chi connectivity index (χ2v) is 8.26. The molecule has 2 fully saturated rings. The summed E-state index contributed by atoms with van der Waals surface area (Å²) >= 11 is 6.47. The van der Waals surface area contributed by atoms with Gasteiger partial charge in [0.05, 0.1) is 38.1 Å². The van der Waals surface area contributed by atoms with Gasteiger partial charge in [0.2, 0.25) is 0 Å². The lowest BCUT2D eigenvalue weighted by atomic mass is 9.94. The predicted octanol–water partition coefficient (Wildman–Crippen LogP) is 3.34. The first-order chi connectivity index (χ1) is 14.1. The number of anilines is 1. The zero-order chi connectivity index (χ0) is 20.2. The Bertz CT molecular complexity index is 807. The smallest absolute Gasteiger partial charge is 0.0854 e. The van der Waals surface area contributed by atoms with E-state index in [0.29, 0.717) is 12.8 Å². The molecule has 0 aliphatic carbocycles. The molecule has 3 atom stereocenters. The molecule has 0 saturated carbocycles. The minimum Gasteiger partial charge on any atom is -0.394 e. The lowest BCUT2D eigenvalue weighted by Crippen LogP contribution is -2.36. The maximum Gasteiger partial charge on any atom is 0.0854 e. The van der Waals surface area contributed by atoms with Gasteiger partial charge in [0.25, 0.3) is 0 Å². The van der Waals surface area contributed by atoms with Crippen LogP contribution in [0.1, 0.15) is 35.6 Å². The van der Waals surface area contributed by atoms with Gasteiger partial charge in [-0.2, -0.15) is 0 Å². The van der Waals surface area contributed by atoms with Gasteiger partial charge in [-0.25, -0.2) is 0 Å². The van der Waals surface area contributed by atoms with Crippen LogP contribution in [0.5, 0.6) is 0 Å². The highest BCUT2D eigenvalue weighted by Gasteiger charge is 2.29. The molecule has 2 N–H and O–H groups in total. The van der Waals surface area contributed by atoms with Gasteiger partial charge in [-0.05, 0) is 41.3 Å². The standard InChI is InChI=1S/C23H28ClNO4/c24-22-6-3-17(23-14-20(27)13-21(15-26)29-23)12-18(22)11-16-1-4-19(5-2-16)25-7-9-28-10-8-25/h1-6,12,20-21,23,26-27H,7-11,13-15H2. The summed E-state index contributed by atoms with van der Waals surface area (Å²) in [5.74, 6) is 0. The molecule has 2 heterocycles. The number of nitrogens with zero attached hydrogens (tertiary/aromatic N) is 1. The van der Waals surface area contributed by atoms with Crippen molar-refractivity contribution in [1.29, 1.82) is 0 Å². The Morgan fingerprint density at radius 3 is 2.52 bits per heavy atom. The van der Waals surface area contributed by atoms with Crippen molar-refractivity contribution in [2.24, 2.45) is 0 Å². The number of rotatable bonds is 5. The van der Waals surface area contributed by atoms with Crippen molar-refractivity contribution in [1.82, 2.24) is 0 Å². The number of halogens is 1. The van der Waals surface area contributed by atoms with E-state index in [4.69, 9.17) is 21.1 Å². The van der Waals surface area contributed by atoms with Crippen LogP contribution in [0.4, 0.5) is 5.69 Å². The van der Waals surface area contributed by atoms with Gasteiger partial charge >= 0.3 is 0 Å². The first-order valence-corrected chi connectivity index (χ1v) is 10.6. The van der Waals surface area contributed by atoms with Gasteiger partial charge in [0.1, 0.15) is 0 Å². The van der Waals surface area contributed by atoms with Crippen LogP contribution in [-0.2, 0) is 15.9 Å². The third-order valence-corrected chi connectivity index (χ3v) is 6.10. The van der Waals surface area contributed by atoms with Crippen molar-refractivity contribution in [3.63, 3.8) is 0 Å². The average Bonchev–Trinajstić information content (AvgIpc) is 2.76. The van der Waals surface area contributed by atoms with Gasteiger partial charge in [-0.15, -0.1) is 0 Å². The third kappa shape index (κ3) is 5.11. The summed E-state index contributed by atoms with van der Waals surface area (Å²) in [6.45, 7) is 3.33. The SMILES string of the molecule is OCC1CC(O)CC(c2ccc(Cl)c(Cc3ccc(N4CCOCC4)cc3)c2)O1. The number of hydrogen-bond donors (Lipinski definition) is 2. The Hall–Kier alpha value is -1.63. The number of aliphatic hydroxyl groups excluding tert-OH is 2. The van der Waals surface area contributed by atoms with Crippen LogP contribution in [0, 0.1) is 0 Å². The minimum absolute atomic E-state index is 0.0799. The fourth-order valence-electron chi connectivity index (χ4n) is 4.12. The van der Waals surface area contributed by atoms with E-state index in [0.717, 1.165) is 48.9 Å². The van der Waals surface area contributed by atoms with E-state index in [2.05, 4.69) is 35.2 Å². The molecule has 3 unspecified atom stereocenters. The van der Waals surface area contributed by atoms with Gasteiger partial charge in [-0.3, -0.25) is 0 Å². The molecule has 0 aromatic heterocycles. The van der Waals surface area contributed by atoms with Crippen molar-refractivity contribution >= 4 is 17.3 Å². The highest BCUT2D eigenvalue weighted by Crippen LogP contribution is 2.34. The van der Waals surface area contributed by atoms with Crippen LogP contribution in [0.25, 0.3) is 0 Å². The van der Waals surface area contributed by atoms with Crippen molar-refractivity contribution in [2.45, 2.75) is 37.6 Å². The van der Waals surface area contributed by atoms with E-state index in [1.54, 1.807) is 0 Å². The van der Waals surface area contributed by atoms with Crippen molar-refractivity contribution in [2.75, 3.05) is 37.8 Å². The Balaban J connectivity index is 1.48. The number of aliphatic hydroxyl groups is 2. The zero-order valence-corrected chi connectivity index (χ0v) is 17.2. The summed E-state index contributed by atoms with van der Waals surface area (Å²) < 4.78 is 11.4. The van der Waals surface area contributed by atoms with Crippen molar-refractivity contribution < 1.29 is 19.7 Å². The topological polar surface area (TPSA) is 62.2 Å². The molecular weight excluding hydrogens is 390 g/mol. The Morgan fingerprint density at radius 2 is 1.79 bits per heavy atom. The van der Waals surface area contributed by atoms with Gasteiger partial charge in [-0.1, -0.05) is 35.9 Å². The summed E-state index contributed by atoms with van der Waals surface area (Å²) in [6, 6.07) is 14.5. The summed E-state index contributed by atoms with van der Waals surface area (Å²) in [5, 5.41) is 20.2. The lowest BCUT2D eigenvalue weighted by molar-refractivity contribution is -0.113. The molecule has 2 aromatic rings. The minimum atomic E-state index is -0.460. The molecule has 0 spiro atoms. The van der Waals surface area contributed by atoms with E-state index in [-0.39, 0.29) is 18.8 Å². The summed E-state index contributed by atoms with van der Waals surface area (Å²) in [7, 11) is 0. The molecule has 2 saturated heterocycles. The molecule has 2 aliphatic rings. The van der Waals surface area contributed by atoms with Crippen LogP contribution in [0.3, 0.4) is 0 Å². The zero-order valence-electron chi connectivity index (χ0n) is 16.5. The van der Waals surface area contributed by atoms with Crippen LogP contribution >= 0.6 is 11.6 Å².